The Balaban J connectivity index is 0.00000312. The Hall–Kier alpha value is -1.16. The summed E-state index contributed by atoms with van der Waals surface area (Å²) in [5, 5.41) is 4.04. The highest BCUT2D eigenvalue weighted by atomic mass is 35.5. The van der Waals surface area contributed by atoms with Crippen molar-refractivity contribution in [3.8, 4) is 17.1 Å². The van der Waals surface area contributed by atoms with Gasteiger partial charge in [-0.25, -0.2) is 0 Å². The lowest BCUT2D eigenvalue weighted by Crippen LogP contribution is -2.14. The van der Waals surface area contributed by atoms with Crippen molar-refractivity contribution in [3.05, 3.63) is 41.1 Å². The van der Waals surface area contributed by atoms with Gasteiger partial charge in [-0.3, -0.25) is 0 Å². The smallest absolute Gasteiger partial charge is 0.137 e. The molecule has 0 saturated carbocycles. The zero-order chi connectivity index (χ0) is 17.2. The Morgan fingerprint density at radius 2 is 1.80 bits per heavy atom. The highest BCUT2D eigenvalue weighted by molar-refractivity contribution is 6.32. The standard InChI is InChI=1S/C20H28ClNO2.ClH/c1-3-4-5-6-7-8-13-22-15-17-10-12-19(24-17)16-9-11-20(23-2)18(21)14-16;/h9-12,14,22H,3-8,13,15H2,1-2H3;1H. The number of hydrogen-bond donors (Lipinski definition) is 1. The fourth-order valence-electron chi connectivity index (χ4n) is 2.69. The zero-order valence-electron chi connectivity index (χ0n) is 15.1. The van der Waals surface area contributed by atoms with Gasteiger partial charge in [0.05, 0.1) is 18.7 Å². The number of ether oxygens (including phenoxy) is 1. The van der Waals surface area contributed by atoms with Gasteiger partial charge in [-0.15, -0.1) is 12.4 Å². The van der Waals surface area contributed by atoms with E-state index in [1.165, 1.54) is 38.5 Å². The predicted molar refractivity (Wildman–Crippen MR) is 108 cm³/mol. The summed E-state index contributed by atoms with van der Waals surface area (Å²) in [6.45, 7) is 4.05. The molecule has 0 saturated heterocycles. The molecule has 1 heterocycles. The number of benzene rings is 1. The van der Waals surface area contributed by atoms with Crippen LogP contribution in [0.4, 0.5) is 0 Å². The maximum Gasteiger partial charge on any atom is 0.137 e. The van der Waals surface area contributed by atoms with Crippen molar-refractivity contribution >= 4 is 24.0 Å². The van der Waals surface area contributed by atoms with Gasteiger partial charge in [0, 0.05) is 5.56 Å². The number of furan rings is 1. The van der Waals surface area contributed by atoms with E-state index in [0.29, 0.717) is 10.8 Å². The maximum atomic E-state index is 6.17. The van der Waals surface area contributed by atoms with Crippen LogP contribution in [0.15, 0.2) is 34.7 Å². The van der Waals surface area contributed by atoms with Crippen LogP contribution in [-0.4, -0.2) is 13.7 Å². The summed E-state index contributed by atoms with van der Waals surface area (Å²) in [6.07, 6.45) is 7.91. The number of rotatable bonds is 11. The van der Waals surface area contributed by atoms with Crippen LogP contribution in [0, 0.1) is 0 Å². The molecule has 1 N–H and O–H groups in total. The van der Waals surface area contributed by atoms with Gasteiger partial charge in [0.2, 0.25) is 0 Å². The molecule has 0 bridgehead atoms. The molecule has 0 spiro atoms. The van der Waals surface area contributed by atoms with E-state index in [4.69, 9.17) is 20.8 Å². The van der Waals surface area contributed by atoms with E-state index < -0.39 is 0 Å². The van der Waals surface area contributed by atoms with E-state index in [1.807, 2.05) is 30.3 Å². The largest absolute Gasteiger partial charge is 0.495 e. The average molecular weight is 386 g/mol. The summed E-state index contributed by atoms with van der Waals surface area (Å²) in [7, 11) is 1.61. The first-order valence-electron chi connectivity index (χ1n) is 8.88. The summed E-state index contributed by atoms with van der Waals surface area (Å²) in [5.41, 5.74) is 0.961. The van der Waals surface area contributed by atoms with Crippen molar-refractivity contribution in [2.24, 2.45) is 0 Å². The highest BCUT2D eigenvalue weighted by Crippen LogP contribution is 2.31. The summed E-state index contributed by atoms with van der Waals surface area (Å²) in [4.78, 5) is 0. The number of methoxy groups -OCH3 is 1. The third kappa shape index (κ3) is 7.31. The fraction of sp³-hybridized carbons (Fsp3) is 0.500. The molecular formula is C20H29Cl2NO2. The van der Waals surface area contributed by atoms with E-state index in [1.54, 1.807) is 7.11 Å². The predicted octanol–water partition coefficient (Wildman–Crippen LogP) is 6.48. The summed E-state index contributed by atoms with van der Waals surface area (Å²) in [5.74, 6) is 2.45. The molecule has 0 aliphatic carbocycles. The van der Waals surface area contributed by atoms with Gasteiger partial charge in [0.1, 0.15) is 17.3 Å². The molecule has 3 nitrogen and oxygen atoms in total. The monoisotopic (exact) mass is 385 g/mol. The van der Waals surface area contributed by atoms with E-state index in [9.17, 15) is 0 Å². The van der Waals surface area contributed by atoms with Crippen LogP contribution >= 0.6 is 24.0 Å². The van der Waals surface area contributed by atoms with Crippen molar-refractivity contribution in [2.45, 2.75) is 52.0 Å². The van der Waals surface area contributed by atoms with Crippen LogP contribution in [-0.2, 0) is 6.54 Å². The van der Waals surface area contributed by atoms with Crippen LogP contribution in [0.5, 0.6) is 5.75 Å². The number of nitrogens with one attached hydrogen (secondary N) is 1. The van der Waals surface area contributed by atoms with Crippen molar-refractivity contribution in [1.82, 2.24) is 5.32 Å². The van der Waals surface area contributed by atoms with Crippen molar-refractivity contribution < 1.29 is 9.15 Å². The SMILES string of the molecule is CCCCCCCCNCc1ccc(-c2ccc(OC)c(Cl)c2)o1.Cl. The Labute approximate surface area is 162 Å². The number of halogens is 2. The first-order chi connectivity index (χ1) is 11.7. The average Bonchev–Trinajstić information content (AvgIpc) is 3.06. The van der Waals surface area contributed by atoms with Gasteiger partial charge in [-0.05, 0) is 43.3 Å². The lowest BCUT2D eigenvalue weighted by atomic mass is 10.1. The van der Waals surface area contributed by atoms with Gasteiger partial charge in [0.15, 0.2) is 0 Å². The molecule has 2 aromatic rings. The van der Waals surface area contributed by atoms with Crippen LogP contribution < -0.4 is 10.1 Å². The molecule has 25 heavy (non-hydrogen) atoms. The van der Waals surface area contributed by atoms with E-state index in [-0.39, 0.29) is 12.4 Å². The van der Waals surface area contributed by atoms with Crippen LogP contribution in [0.25, 0.3) is 11.3 Å². The minimum absolute atomic E-state index is 0. The topological polar surface area (TPSA) is 34.4 Å². The van der Waals surface area contributed by atoms with Gasteiger partial charge in [-0.1, -0.05) is 50.6 Å². The van der Waals surface area contributed by atoms with Gasteiger partial charge < -0.3 is 14.5 Å². The molecule has 0 unspecified atom stereocenters. The Morgan fingerprint density at radius 3 is 2.52 bits per heavy atom. The molecule has 140 valence electrons. The van der Waals surface area contributed by atoms with Gasteiger partial charge >= 0.3 is 0 Å². The molecule has 0 aliphatic rings. The van der Waals surface area contributed by atoms with E-state index >= 15 is 0 Å². The molecule has 5 heteroatoms. The Morgan fingerprint density at radius 1 is 1.04 bits per heavy atom. The van der Waals surface area contributed by atoms with Gasteiger partial charge in [0.25, 0.3) is 0 Å². The molecule has 0 radical (unpaired) electrons. The number of unbranched alkanes of at least 4 members (excludes halogenated alkanes) is 5. The molecule has 0 fully saturated rings. The number of hydrogen-bond acceptors (Lipinski definition) is 3. The minimum atomic E-state index is 0. The molecule has 1 aromatic heterocycles. The first-order valence-corrected chi connectivity index (χ1v) is 9.25. The first kappa shape index (κ1) is 21.9. The lowest BCUT2D eigenvalue weighted by molar-refractivity contribution is 0.415. The molecule has 0 aliphatic heterocycles. The van der Waals surface area contributed by atoms with Crippen molar-refractivity contribution in [1.29, 1.82) is 0 Å². The second-order valence-corrected chi connectivity index (χ2v) is 6.47. The van der Waals surface area contributed by atoms with Crippen LogP contribution in [0.1, 0.15) is 51.2 Å². The zero-order valence-corrected chi connectivity index (χ0v) is 16.7. The summed E-state index contributed by atoms with van der Waals surface area (Å²) >= 11 is 6.17. The van der Waals surface area contributed by atoms with Crippen LogP contribution in [0.3, 0.4) is 0 Å². The maximum absolute atomic E-state index is 6.17. The summed E-state index contributed by atoms with van der Waals surface area (Å²) < 4.78 is 11.1. The van der Waals surface area contributed by atoms with Gasteiger partial charge in [-0.2, -0.15) is 0 Å². The lowest BCUT2D eigenvalue weighted by Gasteiger charge is -2.05. The molecule has 0 atom stereocenters. The van der Waals surface area contributed by atoms with Crippen LogP contribution in [0.2, 0.25) is 5.02 Å². The fourth-order valence-corrected chi connectivity index (χ4v) is 2.95. The third-order valence-corrected chi connectivity index (χ3v) is 4.40. The van der Waals surface area contributed by atoms with E-state index in [0.717, 1.165) is 30.2 Å². The van der Waals surface area contributed by atoms with Crippen molar-refractivity contribution in [2.75, 3.05) is 13.7 Å². The summed E-state index contributed by atoms with van der Waals surface area (Å²) in [6, 6.07) is 9.68. The highest BCUT2D eigenvalue weighted by Gasteiger charge is 2.08. The molecule has 2 rings (SSSR count). The third-order valence-electron chi connectivity index (χ3n) is 4.10. The Kier molecular flexibility index (Phi) is 10.7. The Bertz CT molecular complexity index is 613. The normalized spacial score (nSPS) is 10.5. The quantitative estimate of drug-likeness (QED) is 0.449. The minimum Gasteiger partial charge on any atom is -0.495 e. The second kappa shape index (κ2) is 12.2. The molecule has 0 amide bonds. The molecule has 1 aromatic carbocycles. The van der Waals surface area contributed by atoms with E-state index in [2.05, 4.69) is 12.2 Å². The van der Waals surface area contributed by atoms with Crippen molar-refractivity contribution in [3.63, 3.8) is 0 Å². The molecular weight excluding hydrogens is 357 g/mol. The second-order valence-electron chi connectivity index (χ2n) is 6.06.